The first-order chi connectivity index (χ1) is 7.29. The molecule has 0 aliphatic heterocycles. The van der Waals surface area contributed by atoms with Crippen LogP contribution in [0.5, 0.6) is 0 Å². The smallest absolute Gasteiger partial charge is 0.234 e. The number of carbonyl (C=O) groups excluding carboxylic acids is 1. The van der Waals surface area contributed by atoms with Crippen LogP contribution in [0.3, 0.4) is 0 Å². The van der Waals surface area contributed by atoms with Gasteiger partial charge >= 0.3 is 0 Å². The zero-order chi connectivity index (χ0) is 10.7. The molecule has 76 valence electrons. The Morgan fingerprint density at radius 2 is 2.07 bits per heavy atom. The van der Waals surface area contributed by atoms with Gasteiger partial charge in [0.15, 0.2) is 0 Å². The second kappa shape index (κ2) is 3.96. The van der Waals surface area contributed by atoms with Crippen LogP contribution in [0.2, 0.25) is 0 Å². The molecule has 4 heteroatoms. The van der Waals surface area contributed by atoms with Gasteiger partial charge in [0.05, 0.1) is 6.20 Å². The number of carbonyl (C=O) groups is 1. The maximum Gasteiger partial charge on any atom is 0.234 e. The lowest BCUT2D eigenvalue weighted by Gasteiger charge is -2.09. The number of amides is 1. The van der Waals surface area contributed by atoms with Gasteiger partial charge in [-0.25, -0.2) is 4.98 Å². The predicted molar refractivity (Wildman–Crippen MR) is 54.0 cm³/mol. The maximum atomic E-state index is 11.3. The van der Waals surface area contributed by atoms with Crippen LogP contribution < -0.4 is 5.73 Å². The molecule has 4 nitrogen and oxygen atoms in total. The second-order valence-corrected chi connectivity index (χ2v) is 3.12. The monoisotopic (exact) mass is 202 g/mol. The zero-order valence-electron chi connectivity index (χ0n) is 7.96. The third-order valence-corrected chi connectivity index (χ3v) is 2.12. The Morgan fingerprint density at radius 3 is 2.60 bits per heavy atom. The van der Waals surface area contributed by atoms with Crippen molar-refractivity contribution in [2.45, 2.75) is 5.92 Å². The number of benzene rings is 1. The van der Waals surface area contributed by atoms with E-state index in [1.807, 2.05) is 30.3 Å². The van der Waals surface area contributed by atoms with Gasteiger partial charge in [0, 0.05) is 0 Å². The van der Waals surface area contributed by atoms with Crippen molar-refractivity contribution in [3.8, 4) is 0 Å². The lowest BCUT2D eigenvalue weighted by molar-refractivity contribution is -0.118. The SMILES string of the molecule is NC(=O)C(c1ccccc1)c1ncco1. The molecule has 0 bridgehead atoms. The van der Waals surface area contributed by atoms with E-state index in [-0.39, 0.29) is 0 Å². The van der Waals surface area contributed by atoms with Crippen molar-refractivity contribution in [2.75, 3.05) is 0 Å². The van der Waals surface area contributed by atoms with Gasteiger partial charge in [0.2, 0.25) is 11.8 Å². The van der Waals surface area contributed by atoms with E-state index in [2.05, 4.69) is 4.98 Å². The van der Waals surface area contributed by atoms with E-state index in [4.69, 9.17) is 10.2 Å². The molecule has 1 unspecified atom stereocenters. The molecule has 1 aromatic heterocycles. The Labute approximate surface area is 86.7 Å². The van der Waals surface area contributed by atoms with Crippen LogP contribution in [0, 0.1) is 0 Å². The fraction of sp³-hybridized carbons (Fsp3) is 0.0909. The molecule has 1 aromatic carbocycles. The molecule has 1 amide bonds. The Kier molecular flexibility index (Phi) is 2.49. The quantitative estimate of drug-likeness (QED) is 0.815. The highest BCUT2D eigenvalue weighted by atomic mass is 16.3. The number of oxazole rings is 1. The van der Waals surface area contributed by atoms with Gasteiger partial charge in [-0.1, -0.05) is 30.3 Å². The Morgan fingerprint density at radius 1 is 1.33 bits per heavy atom. The first kappa shape index (κ1) is 9.45. The van der Waals surface area contributed by atoms with Crippen molar-refractivity contribution >= 4 is 5.91 Å². The summed E-state index contributed by atoms with van der Waals surface area (Å²) >= 11 is 0. The van der Waals surface area contributed by atoms with Crippen molar-refractivity contribution in [1.29, 1.82) is 0 Å². The fourth-order valence-electron chi connectivity index (χ4n) is 1.45. The van der Waals surface area contributed by atoms with Crippen LogP contribution in [-0.4, -0.2) is 10.9 Å². The van der Waals surface area contributed by atoms with Gasteiger partial charge in [-0.2, -0.15) is 0 Å². The van der Waals surface area contributed by atoms with Gasteiger partial charge in [0.25, 0.3) is 0 Å². The average molecular weight is 202 g/mol. The van der Waals surface area contributed by atoms with Crippen molar-refractivity contribution in [3.05, 3.63) is 54.2 Å². The summed E-state index contributed by atoms with van der Waals surface area (Å²) in [5.74, 6) is -0.751. The molecule has 15 heavy (non-hydrogen) atoms. The molecule has 0 fully saturated rings. The Balaban J connectivity index is 2.42. The predicted octanol–water partition coefficient (Wildman–Crippen LogP) is 1.29. The van der Waals surface area contributed by atoms with Crippen molar-refractivity contribution in [2.24, 2.45) is 5.73 Å². The largest absolute Gasteiger partial charge is 0.448 e. The summed E-state index contributed by atoms with van der Waals surface area (Å²) in [6, 6.07) is 9.19. The molecular weight excluding hydrogens is 192 g/mol. The minimum Gasteiger partial charge on any atom is -0.448 e. The molecule has 2 aromatic rings. The zero-order valence-corrected chi connectivity index (χ0v) is 7.96. The minimum absolute atomic E-state index is 0.328. The highest BCUT2D eigenvalue weighted by Gasteiger charge is 2.23. The second-order valence-electron chi connectivity index (χ2n) is 3.12. The maximum absolute atomic E-state index is 11.3. The van der Waals surface area contributed by atoms with Crippen molar-refractivity contribution < 1.29 is 9.21 Å². The molecule has 0 aliphatic rings. The van der Waals surface area contributed by atoms with Gasteiger partial charge in [-0.15, -0.1) is 0 Å². The van der Waals surface area contributed by atoms with Gasteiger partial charge in [0.1, 0.15) is 12.2 Å². The van der Waals surface area contributed by atoms with Crippen LogP contribution in [-0.2, 0) is 4.79 Å². The highest BCUT2D eigenvalue weighted by molar-refractivity contribution is 5.84. The molecule has 0 radical (unpaired) electrons. The van der Waals surface area contributed by atoms with E-state index in [1.54, 1.807) is 0 Å². The van der Waals surface area contributed by atoms with E-state index in [9.17, 15) is 4.79 Å². The first-order valence-electron chi connectivity index (χ1n) is 4.52. The third-order valence-electron chi connectivity index (χ3n) is 2.12. The van der Waals surface area contributed by atoms with E-state index >= 15 is 0 Å². The standard InChI is InChI=1S/C11H10N2O2/c12-10(14)9(11-13-6-7-15-11)8-4-2-1-3-5-8/h1-7,9H,(H2,12,14). The summed E-state index contributed by atoms with van der Waals surface area (Å²) in [4.78, 5) is 15.3. The number of rotatable bonds is 3. The van der Waals surface area contributed by atoms with E-state index in [0.717, 1.165) is 5.56 Å². The molecule has 0 spiro atoms. The molecule has 0 saturated heterocycles. The highest BCUT2D eigenvalue weighted by Crippen LogP contribution is 2.22. The summed E-state index contributed by atoms with van der Waals surface area (Å²) in [5, 5.41) is 0. The summed E-state index contributed by atoms with van der Waals surface area (Å²) in [5.41, 5.74) is 6.11. The molecule has 1 atom stereocenters. The minimum atomic E-state index is -0.610. The summed E-state index contributed by atoms with van der Waals surface area (Å²) < 4.78 is 5.10. The number of nitrogens with two attached hydrogens (primary N) is 1. The Hall–Kier alpha value is -2.10. The summed E-state index contributed by atoms with van der Waals surface area (Å²) in [7, 11) is 0. The topological polar surface area (TPSA) is 69.1 Å². The molecule has 1 heterocycles. The third kappa shape index (κ3) is 1.88. The number of primary amides is 1. The van der Waals surface area contributed by atoms with Crippen LogP contribution in [0.4, 0.5) is 0 Å². The normalized spacial score (nSPS) is 12.3. The van der Waals surface area contributed by atoms with Crippen LogP contribution >= 0.6 is 0 Å². The molecule has 0 saturated carbocycles. The van der Waals surface area contributed by atoms with Gasteiger partial charge in [-0.05, 0) is 5.56 Å². The summed E-state index contributed by atoms with van der Waals surface area (Å²) in [6.45, 7) is 0. The van der Waals surface area contributed by atoms with Gasteiger partial charge < -0.3 is 10.2 Å². The van der Waals surface area contributed by atoms with E-state index < -0.39 is 11.8 Å². The lowest BCUT2D eigenvalue weighted by Crippen LogP contribution is -2.22. The molecular formula is C11H10N2O2. The number of nitrogens with zero attached hydrogens (tertiary/aromatic N) is 1. The molecule has 2 rings (SSSR count). The summed E-state index contributed by atoms with van der Waals surface area (Å²) in [6.07, 6.45) is 2.92. The van der Waals surface area contributed by atoms with Gasteiger partial charge in [-0.3, -0.25) is 4.79 Å². The molecule has 2 N–H and O–H groups in total. The Bertz CT molecular complexity index is 437. The number of hydrogen-bond acceptors (Lipinski definition) is 3. The van der Waals surface area contributed by atoms with E-state index in [1.165, 1.54) is 12.5 Å². The average Bonchev–Trinajstić information content (AvgIpc) is 2.72. The van der Waals surface area contributed by atoms with Crippen LogP contribution in [0.1, 0.15) is 17.4 Å². The number of aromatic nitrogens is 1. The van der Waals surface area contributed by atoms with Crippen LogP contribution in [0.15, 0.2) is 47.2 Å². The van der Waals surface area contributed by atoms with Crippen molar-refractivity contribution in [1.82, 2.24) is 4.98 Å². The van der Waals surface area contributed by atoms with Crippen molar-refractivity contribution in [3.63, 3.8) is 0 Å². The van der Waals surface area contributed by atoms with E-state index in [0.29, 0.717) is 5.89 Å². The fourth-order valence-corrected chi connectivity index (χ4v) is 1.45. The number of hydrogen-bond donors (Lipinski definition) is 1. The molecule has 0 aliphatic carbocycles. The lowest BCUT2D eigenvalue weighted by atomic mass is 9.99. The first-order valence-corrected chi connectivity index (χ1v) is 4.52. The van der Waals surface area contributed by atoms with Crippen LogP contribution in [0.25, 0.3) is 0 Å².